The standard InChI is InChI=1S/C22H22N2O5/c1-23(2)5-6-24-15-7-12-8-16-17(29-11-28-16)9-13(12)20-19(15)14(22(24)25)10-18(26-3)21(20)27-4/h7-10H,5-6,11H2,1-4H3. The molecule has 0 spiro atoms. The van der Waals surface area contributed by atoms with Gasteiger partial charge in [0.15, 0.2) is 23.0 Å². The maximum atomic E-state index is 13.3. The van der Waals surface area contributed by atoms with Gasteiger partial charge in [0.1, 0.15) is 0 Å². The summed E-state index contributed by atoms with van der Waals surface area (Å²) in [6.45, 7) is 1.56. The molecule has 0 bridgehead atoms. The van der Waals surface area contributed by atoms with Gasteiger partial charge in [-0.2, -0.15) is 0 Å². The van der Waals surface area contributed by atoms with Gasteiger partial charge < -0.3 is 28.7 Å². The van der Waals surface area contributed by atoms with E-state index in [0.29, 0.717) is 35.1 Å². The quantitative estimate of drug-likeness (QED) is 0.619. The van der Waals surface area contributed by atoms with Gasteiger partial charge in [-0.3, -0.25) is 4.79 Å². The van der Waals surface area contributed by atoms with Gasteiger partial charge in [-0.15, -0.1) is 0 Å². The van der Waals surface area contributed by atoms with Gasteiger partial charge in [0.25, 0.3) is 5.91 Å². The van der Waals surface area contributed by atoms with E-state index in [1.54, 1.807) is 20.3 Å². The van der Waals surface area contributed by atoms with Crippen LogP contribution in [0.25, 0.3) is 21.5 Å². The Morgan fingerprint density at radius 1 is 1.03 bits per heavy atom. The molecule has 0 unspecified atom stereocenters. The SMILES string of the molecule is COc1cc2c3c(cc4cc5c(cc4c3c1OC)OCO5)N(CCN(C)C)C2=O. The van der Waals surface area contributed by atoms with Crippen molar-refractivity contribution < 1.29 is 23.7 Å². The first-order valence-corrected chi connectivity index (χ1v) is 9.45. The van der Waals surface area contributed by atoms with Crippen LogP contribution in [-0.2, 0) is 0 Å². The molecule has 1 amide bonds. The predicted octanol–water partition coefficient (Wildman–Crippen LogP) is 3.26. The average molecular weight is 394 g/mol. The Labute approximate surface area is 168 Å². The number of methoxy groups -OCH3 is 2. The molecule has 29 heavy (non-hydrogen) atoms. The third-order valence-electron chi connectivity index (χ3n) is 5.57. The Morgan fingerprint density at radius 3 is 2.48 bits per heavy atom. The van der Waals surface area contributed by atoms with Crippen LogP contribution in [0.5, 0.6) is 23.0 Å². The van der Waals surface area contributed by atoms with Gasteiger partial charge in [0.2, 0.25) is 6.79 Å². The van der Waals surface area contributed by atoms with Crippen LogP contribution in [0.3, 0.4) is 0 Å². The van der Waals surface area contributed by atoms with Crippen molar-refractivity contribution in [3.05, 3.63) is 29.8 Å². The number of hydrogen-bond donors (Lipinski definition) is 0. The number of carbonyl (C=O) groups excluding carboxylic acids is 1. The zero-order valence-corrected chi connectivity index (χ0v) is 16.9. The van der Waals surface area contributed by atoms with Gasteiger partial charge in [0.05, 0.1) is 25.5 Å². The summed E-state index contributed by atoms with van der Waals surface area (Å²) in [6, 6.07) is 7.74. The molecule has 0 aromatic heterocycles. The number of anilines is 1. The highest BCUT2D eigenvalue weighted by atomic mass is 16.7. The van der Waals surface area contributed by atoms with E-state index in [0.717, 1.165) is 33.8 Å². The lowest BCUT2D eigenvalue weighted by molar-refractivity contribution is 0.0991. The van der Waals surface area contributed by atoms with Crippen molar-refractivity contribution in [3.8, 4) is 23.0 Å². The Morgan fingerprint density at radius 2 is 1.79 bits per heavy atom. The molecule has 0 saturated carbocycles. The fourth-order valence-electron chi connectivity index (χ4n) is 4.19. The number of carbonyl (C=O) groups is 1. The molecule has 0 N–H and O–H groups in total. The van der Waals surface area contributed by atoms with E-state index < -0.39 is 0 Å². The second-order valence-corrected chi connectivity index (χ2v) is 7.49. The van der Waals surface area contributed by atoms with Crippen LogP contribution in [0.15, 0.2) is 24.3 Å². The summed E-state index contributed by atoms with van der Waals surface area (Å²) in [6.07, 6.45) is 0. The second-order valence-electron chi connectivity index (χ2n) is 7.49. The first-order chi connectivity index (χ1) is 14.0. The van der Waals surface area contributed by atoms with Crippen molar-refractivity contribution in [1.29, 1.82) is 0 Å². The Bertz CT molecular complexity index is 1170. The summed E-state index contributed by atoms with van der Waals surface area (Å²) >= 11 is 0. The van der Waals surface area contributed by atoms with Crippen molar-refractivity contribution in [1.82, 2.24) is 4.90 Å². The van der Waals surface area contributed by atoms with E-state index in [2.05, 4.69) is 11.0 Å². The molecule has 3 aromatic carbocycles. The number of fused-ring (bicyclic) bond motifs is 3. The number of nitrogens with zero attached hydrogens (tertiary/aromatic N) is 2. The van der Waals surface area contributed by atoms with E-state index in [1.165, 1.54) is 0 Å². The number of amides is 1. The van der Waals surface area contributed by atoms with E-state index in [-0.39, 0.29) is 12.7 Å². The maximum absolute atomic E-state index is 13.3. The van der Waals surface area contributed by atoms with E-state index >= 15 is 0 Å². The minimum Gasteiger partial charge on any atom is -0.493 e. The minimum absolute atomic E-state index is 0.0249. The number of benzene rings is 3. The lowest BCUT2D eigenvalue weighted by atomic mass is 9.96. The summed E-state index contributed by atoms with van der Waals surface area (Å²) in [5.41, 5.74) is 1.51. The van der Waals surface area contributed by atoms with Crippen LogP contribution in [0.1, 0.15) is 10.4 Å². The third-order valence-corrected chi connectivity index (χ3v) is 5.57. The molecule has 3 aromatic rings. The monoisotopic (exact) mass is 394 g/mol. The van der Waals surface area contributed by atoms with Crippen molar-refractivity contribution in [2.45, 2.75) is 0 Å². The van der Waals surface area contributed by atoms with Crippen molar-refractivity contribution in [2.75, 3.05) is 53.1 Å². The first kappa shape index (κ1) is 17.9. The van der Waals surface area contributed by atoms with Crippen LogP contribution in [-0.4, -0.2) is 59.0 Å². The van der Waals surface area contributed by atoms with Gasteiger partial charge in [-0.1, -0.05) is 0 Å². The molecule has 0 fully saturated rings. The molecule has 2 aliphatic heterocycles. The van der Waals surface area contributed by atoms with Crippen LogP contribution < -0.4 is 23.8 Å². The molecular weight excluding hydrogens is 372 g/mol. The summed E-state index contributed by atoms with van der Waals surface area (Å²) in [4.78, 5) is 17.2. The molecule has 7 heteroatoms. The summed E-state index contributed by atoms with van der Waals surface area (Å²) in [7, 11) is 7.19. The molecule has 2 heterocycles. The van der Waals surface area contributed by atoms with Crippen molar-refractivity contribution >= 4 is 33.1 Å². The predicted molar refractivity (Wildman–Crippen MR) is 111 cm³/mol. The van der Waals surface area contributed by atoms with E-state index in [9.17, 15) is 4.79 Å². The molecule has 150 valence electrons. The Kier molecular flexibility index (Phi) is 3.96. The zero-order valence-electron chi connectivity index (χ0n) is 16.9. The molecule has 0 atom stereocenters. The molecule has 0 aliphatic carbocycles. The molecule has 2 aliphatic rings. The summed E-state index contributed by atoms with van der Waals surface area (Å²) in [5, 5.41) is 3.64. The van der Waals surface area contributed by atoms with Crippen LogP contribution >= 0.6 is 0 Å². The fraction of sp³-hybridized carbons (Fsp3) is 0.318. The highest BCUT2D eigenvalue weighted by molar-refractivity contribution is 6.31. The Hall–Kier alpha value is -3.19. The molecular formula is C22H22N2O5. The minimum atomic E-state index is -0.0249. The van der Waals surface area contributed by atoms with Gasteiger partial charge >= 0.3 is 0 Å². The maximum Gasteiger partial charge on any atom is 0.259 e. The molecule has 0 radical (unpaired) electrons. The van der Waals surface area contributed by atoms with Crippen LogP contribution in [0.2, 0.25) is 0 Å². The first-order valence-electron chi connectivity index (χ1n) is 9.45. The molecule has 7 nitrogen and oxygen atoms in total. The fourth-order valence-corrected chi connectivity index (χ4v) is 4.19. The zero-order chi connectivity index (χ0) is 20.3. The van der Waals surface area contributed by atoms with Crippen molar-refractivity contribution in [3.63, 3.8) is 0 Å². The number of likely N-dealkylation sites (N-methyl/N-ethyl adjacent to an activating group) is 1. The third kappa shape index (κ3) is 2.50. The lowest BCUT2D eigenvalue weighted by Gasteiger charge is -2.20. The second kappa shape index (κ2) is 6.42. The molecule has 5 rings (SSSR count). The summed E-state index contributed by atoms with van der Waals surface area (Å²) in [5.74, 6) is 2.51. The normalized spacial score (nSPS) is 14.5. The number of rotatable bonds is 5. The summed E-state index contributed by atoms with van der Waals surface area (Å²) < 4.78 is 22.5. The van der Waals surface area contributed by atoms with Crippen LogP contribution in [0.4, 0.5) is 5.69 Å². The lowest BCUT2D eigenvalue weighted by Crippen LogP contribution is -2.33. The van der Waals surface area contributed by atoms with Crippen molar-refractivity contribution in [2.24, 2.45) is 0 Å². The highest BCUT2D eigenvalue weighted by Crippen LogP contribution is 2.51. The average Bonchev–Trinajstić information content (AvgIpc) is 3.27. The number of hydrogen-bond acceptors (Lipinski definition) is 6. The Balaban J connectivity index is 1.87. The van der Waals surface area contributed by atoms with E-state index in [4.69, 9.17) is 18.9 Å². The molecule has 0 saturated heterocycles. The van der Waals surface area contributed by atoms with Gasteiger partial charge in [-0.05, 0) is 49.1 Å². The number of ether oxygens (including phenoxy) is 4. The van der Waals surface area contributed by atoms with Gasteiger partial charge in [0, 0.05) is 23.9 Å². The largest absolute Gasteiger partial charge is 0.493 e. The van der Waals surface area contributed by atoms with E-state index in [1.807, 2.05) is 31.1 Å². The highest BCUT2D eigenvalue weighted by Gasteiger charge is 2.34. The smallest absolute Gasteiger partial charge is 0.259 e. The van der Waals surface area contributed by atoms with Gasteiger partial charge in [-0.25, -0.2) is 0 Å². The van der Waals surface area contributed by atoms with Crippen LogP contribution in [0, 0.1) is 0 Å². The topological polar surface area (TPSA) is 60.5 Å².